The molecule has 0 radical (unpaired) electrons. The average Bonchev–Trinajstić information content (AvgIpc) is 2.18. The van der Waals surface area contributed by atoms with E-state index < -0.39 is 10.2 Å². The molecule has 1 aliphatic carbocycles. The first-order valence-electron chi connectivity index (χ1n) is 5.28. The highest BCUT2D eigenvalue weighted by atomic mass is 32.2. The van der Waals surface area contributed by atoms with Crippen LogP contribution < -0.4 is 4.72 Å². The standard InChI is InChI=1S/C9H20N2O3S/c1-11(2)15(13,14)10-9-6-4-3-5-8(9)7-12/h8-10,12H,3-7H2,1-2H3. The van der Waals surface area contributed by atoms with E-state index in [1.54, 1.807) is 0 Å². The van der Waals surface area contributed by atoms with E-state index in [0.717, 1.165) is 30.0 Å². The number of hydrogen-bond acceptors (Lipinski definition) is 3. The van der Waals surface area contributed by atoms with Crippen LogP contribution in [0.2, 0.25) is 0 Å². The molecule has 6 heteroatoms. The second kappa shape index (κ2) is 5.25. The van der Waals surface area contributed by atoms with Crippen LogP contribution in [-0.4, -0.2) is 44.6 Å². The fraction of sp³-hybridized carbons (Fsp3) is 1.00. The zero-order chi connectivity index (χ0) is 11.5. The highest BCUT2D eigenvalue weighted by Crippen LogP contribution is 2.24. The van der Waals surface area contributed by atoms with Crippen LogP contribution in [-0.2, 0) is 10.2 Å². The monoisotopic (exact) mass is 236 g/mol. The summed E-state index contributed by atoms with van der Waals surface area (Å²) in [5, 5.41) is 9.15. The molecule has 0 spiro atoms. The number of aliphatic hydroxyl groups is 1. The van der Waals surface area contributed by atoms with Crippen molar-refractivity contribution in [2.45, 2.75) is 31.7 Å². The van der Waals surface area contributed by atoms with Crippen LogP contribution in [0, 0.1) is 5.92 Å². The second-order valence-corrected chi connectivity index (χ2v) is 6.16. The molecule has 90 valence electrons. The third kappa shape index (κ3) is 3.41. The van der Waals surface area contributed by atoms with Gasteiger partial charge >= 0.3 is 0 Å². The third-order valence-electron chi connectivity index (χ3n) is 2.92. The number of nitrogens with zero attached hydrogens (tertiary/aromatic N) is 1. The Morgan fingerprint density at radius 2 is 1.93 bits per heavy atom. The van der Waals surface area contributed by atoms with Gasteiger partial charge in [0.15, 0.2) is 0 Å². The lowest BCUT2D eigenvalue weighted by atomic mass is 9.86. The van der Waals surface area contributed by atoms with E-state index in [1.165, 1.54) is 14.1 Å². The predicted molar refractivity (Wildman–Crippen MR) is 58.6 cm³/mol. The Morgan fingerprint density at radius 3 is 2.47 bits per heavy atom. The Bertz CT molecular complexity index is 290. The van der Waals surface area contributed by atoms with Gasteiger partial charge < -0.3 is 5.11 Å². The van der Waals surface area contributed by atoms with Gasteiger partial charge in [-0.15, -0.1) is 0 Å². The molecule has 15 heavy (non-hydrogen) atoms. The first kappa shape index (κ1) is 12.9. The summed E-state index contributed by atoms with van der Waals surface area (Å²) in [5.74, 6) is 0.0634. The van der Waals surface area contributed by atoms with E-state index in [9.17, 15) is 8.42 Å². The molecule has 0 aromatic heterocycles. The molecule has 1 fully saturated rings. The Kier molecular flexibility index (Phi) is 4.51. The van der Waals surface area contributed by atoms with Crippen LogP contribution in [0.15, 0.2) is 0 Å². The molecule has 0 aromatic carbocycles. The molecule has 0 amide bonds. The average molecular weight is 236 g/mol. The van der Waals surface area contributed by atoms with Gasteiger partial charge in [0.2, 0.25) is 0 Å². The third-order valence-corrected chi connectivity index (χ3v) is 4.49. The van der Waals surface area contributed by atoms with Crippen molar-refractivity contribution in [3.8, 4) is 0 Å². The molecule has 1 rings (SSSR count). The lowest BCUT2D eigenvalue weighted by Gasteiger charge is -2.31. The maximum atomic E-state index is 11.6. The number of nitrogens with one attached hydrogen (secondary N) is 1. The molecule has 0 heterocycles. The minimum Gasteiger partial charge on any atom is -0.396 e. The number of hydrogen-bond donors (Lipinski definition) is 2. The molecule has 1 saturated carbocycles. The van der Waals surface area contributed by atoms with Gasteiger partial charge in [-0.3, -0.25) is 0 Å². The van der Waals surface area contributed by atoms with Gasteiger partial charge in [-0.25, -0.2) is 0 Å². The molecular formula is C9H20N2O3S. The molecule has 0 saturated heterocycles. The van der Waals surface area contributed by atoms with Gasteiger partial charge in [0.25, 0.3) is 10.2 Å². The van der Waals surface area contributed by atoms with Gasteiger partial charge in [0, 0.05) is 26.7 Å². The van der Waals surface area contributed by atoms with Crippen molar-refractivity contribution < 1.29 is 13.5 Å². The van der Waals surface area contributed by atoms with Gasteiger partial charge in [0.1, 0.15) is 0 Å². The van der Waals surface area contributed by atoms with Crippen LogP contribution in [0.3, 0.4) is 0 Å². The smallest absolute Gasteiger partial charge is 0.279 e. The maximum Gasteiger partial charge on any atom is 0.279 e. The number of aliphatic hydroxyl groups excluding tert-OH is 1. The summed E-state index contributed by atoms with van der Waals surface area (Å²) in [6, 6.07) is -0.115. The quantitative estimate of drug-likeness (QED) is 0.718. The normalized spacial score (nSPS) is 28.3. The Hall–Kier alpha value is -0.170. The van der Waals surface area contributed by atoms with E-state index in [1.807, 2.05) is 0 Å². The van der Waals surface area contributed by atoms with Gasteiger partial charge in [-0.2, -0.15) is 17.4 Å². The van der Waals surface area contributed by atoms with E-state index >= 15 is 0 Å². The zero-order valence-corrected chi connectivity index (χ0v) is 10.1. The predicted octanol–water partition coefficient (Wildman–Crippen LogP) is -0.0665. The summed E-state index contributed by atoms with van der Waals surface area (Å²) in [7, 11) is -0.370. The van der Waals surface area contributed by atoms with Crippen molar-refractivity contribution in [2.24, 2.45) is 5.92 Å². The topological polar surface area (TPSA) is 69.6 Å². The Morgan fingerprint density at radius 1 is 1.33 bits per heavy atom. The van der Waals surface area contributed by atoms with Crippen molar-refractivity contribution in [1.82, 2.24) is 9.03 Å². The van der Waals surface area contributed by atoms with Crippen LogP contribution >= 0.6 is 0 Å². The zero-order valence-electron chi connectivity index (χ0n) is 9.31. The summed E-state index contributed by atoms with van der Waals surface area (Å²) in [6.45, 7) is 0.0562. The summed E-state index contributed by atoms with van der Waals surface area (Å²) in [5.41, 5.74) is 0. The van der Waals surface area contributed by atoms with Crippen molar-refractivity contribution in [3.05, 3.63) is 0 Å². The molecule has 5 nitrogen and oxygen atoms in total. The molecule has 2 unspecified atom stereocenters. The van der Waals surface area contributed by atoms with Crippen LogP contribution in [0.25, 0.3) is 0 Å². The fourth-order valence-corrected chi connectivity index (χ4v) is 2.78. The summed E-state index contributed by atoms with van der Waals surface area (Å²) < 4.78 is 27.0. The van der Waals surface area contributed by atoms with Gasteiger partial charge in [-0.05, 0) is 18.8 Å². The van der Waals surface area contributed by atoms with Crippen molar-refractivity contribution in [1.29, 1.82) is 0 Å². The lowest BCUT2D eigenvalue weighted by molar-refractivity contribution is 0.163. The number of rotatable bonds is 4. The minimum atomic E-state index is -3.37. The molecule has 2 atom stereocenters. The summed E-state index contributed by atoms with van der Waals surface area (Å²) in [4.78, 5) is 0. The molecule has 1 aliphatic rings. The second-order valence-electron chi connectivity index (χ2n) is 4.24. The molecule has 2 N–H and O–H groups in total. The van der Waals surface area contributed by atoms with Crippen molar-refractivity contribution >= 4 is 10.2 Å². The molecular weight excluding hydrogens is 216 g/mol. The van der Waals surface area contributed by atoms with E-state index in [0.29, 0.717) is 0 Å². The van der Waals surface area contributed by atoms with Crippen LogP contribution in [0.4, 0.5) is 0 Å². The molecule has 0 aromatic rings. The Labute approximate surface area is 91.7 Å². The van der Waals surface area contributed by atoms with Crippen LogP contribution in [0.1, 0.15) is 25.7 Å². The first-order chi connectivity index (χ1) is 6.97. The maximum absolute atomic E-state index is 11.6. The lowest BCUT2D eigenvalue weighted by Crippen LogP contribution is -2.47. The Balaban J connectivity index is 2.63. The fourth-order valence-electron chi connectivity index (χ4n) is 1.88. The van der Waals surface area contributed by atoms with Crippen molar-refractivity contribution in [3.63, 3.8) is 0 Å². The summed E-state index contributed by atoms with van der Waals surface area (Å²) >= 11 is 0. The van der Waals surface area contributed by atoms with Crippen LogP contribution in [0.5, 0.6) is 0 Å². The van der Waals surface area contributed by atoms with E-state index in [-0.39, 0.29) is 18.6 Å². The molecule has 0 bridgehead atoms. The molecule has 0 aliphatic heterocycles. The SMILES string of the molecule is CN(C)S(=O)(=O)NC1CCCCC1CO. The van der Waals surface area contributed by atoms with Crippen molar-refractivity contribution in [2.75, 3.05) is 20.7 Å². The highest BCUT2D eigenvalue weighted by Gasteiger charge is 2.28. The summed E-state index contributed by atoms with van der Waals surface area (Å²) in [6.07, 6.45) is 3.82. The minimum absolute atomic E-state index is 0.0562. The van der Waals surface area contributed by atoms with Gasteiger partial charge in [-0.1, -0.05) is 12.8 Å². The first-order valence-corrected chi connectivity index (χ1v) is 6.72. The van der Waals surface area contributed by atoms with E-state index in [2.05, 4.69) is 4.72 Å². The van der Waals surface area contributed by atoms with E-state index in [4.69, 9.17) is 5.11 Å². The van der Waals surface area contributed by atoms with Gasteiger partial charge in [0.05, 0.1) is 0 Å². The highest BCUT2D eigenvalue weighted by molar-refractivity contribution is 7.87. The largest absolute Gasteiger partial charge is 0.396 e.